The summed E-state index contributed by atoms with van der Waals surface area (Å²) in [5.74, 6) is 0.476. The molecule has 1 fully saturated rings. The van der Waals surface area contributed by atoms with Crippen LogP contribution >= 0.6 is 0 Å². The van der Waals surface area contributed by atoms with Gasteiger partial charge in [-0.3, -0.25) is 4.79 Å². The molecule has 1 saturated carbocycles. The average Bonchev–Trinajstić information content (AvgIpc) is 2.89. The van der Waals surface area contributed by atoms with Gasteiger partial charge in [-0.25, -0.2) is 0 Å². The zero-order valence-corrected chi connectivity index (χ0v) is 15.4. The van der Waals surface area contributed by atoms with E-state index in [1.54, 1.807) is 25.3 Å². The third kappa shape index (κ3) is 4.73. The van der Waals surface area contributed by atoms with E-state index in [2.05, 4.69) is 11.4 Å². The van der Waals surface area contributed by atoms with Gasteiger partial charge in [0.25, 0.3) is 5.91 Å². The van der Waals surface area contributed by atoms with E-state index in [0.717, 1.165) is 32.1 Å². The Bertz CT molecular complexity index is 628. The molecule has 25 heavy (non-hydrogen) atoms. The van der Waals surface area contributed by atoms with Gasteiger partial charge in [-0.2, -0.15) is 5.26 Å². The molecule has 1 aliphatic carbocycles. The van der Waals surface area contributed by atoms with Crippen LogP contribution in [0.25, 0.3) is 0 Å². The number of rotatable bonds is 6. The summed E-state index contributed by atoms with van der Waals surface area (Å²) in [4.78, 5) is 12.9. The molecule has 0 aliphatic heterocycles. The molecule has 5 nitrogen and oxygen atoms in total. The summed E-state index contributed by atoms with van der Waals surface area (Å²) in [7, 11) is 1.60. The van der Waals surface area contributed by atoms with E-state index in [9.17, 15) is 10.1 Å². The summed E-state index contributed by atoms with van der Waals surface area (Å²) in [5, 5.41) is 12.3. The van der Waals surface area contributed by atoms with Crippen LogP contribution in [-0.2, 0) is 9.53 Å². The van der Waals surface area contributed by atoms with Crippen molar-refractivity contribution >= 4 is 11.6 Å². The van der Waals surface area contributed by atoms with Crippen molar-refractivity contribution in [3.8, 4) is 11.8 Å². The maximum Gasteiger partial charge on any atom is 0.256 e. The minimum absolute atomic E-state index is 0.0785. The van der Waals surface area contributed by atoms with Gasteiger partial charge in [0.15, 0.2) is 0 Å². The Morgan fingerprint density at radius 2 is 2.00 bits per heavy atom. The van der Waals surface area contributed by atoms with Gasteiger partial charge in [-0.1, -0.05) is 32.6 Å². The largest absolute Gasteiger partial charge is 0.491 e. The molecule has 136 valence electrons. The smallest absolute Gasteiger partial charge is 0.256 e. The number of anilines is 1. The van der Waals surface area contributed by atoms with Crippen LogP contribution in [0.1, 0.15) is 64.4 Å². The number of carbonyl (C=O) groups is 1. The summed E-state index contributed by atoms with van der Waals surface area (Å²) in [5.41, 5.74) is 0.105. The number of nitriles is 1. The van der Waals surface area contributed by atoms with Crippen molar-refractivity contribution < 1.29 is 14.3 Å². The summed E-state index contributed by atoms with van der Waals surface area (Å²) in [6.45, 7) is 4.03. The normalized spacial score (nSPS) is 17.8. The molecule has 0 radical (unpaired) electrons. The standard InChI is InChI=1S/C20H28N2O3/c1-4-15(2)25-17-9-10-18(16(13-17)14-21)22-19(23)20(24-3)11-7-5-6-8-12-20/h9-10,13,15H,4-8,11-12H2,1-3H3,(H,22,23)/t15-/m0/s1. The lowest BCUT2D eigenvalue weighted by molar-refractivity contribution is -0.139. The highest BCUT2D eigenvalue weighted by Crippen LogP contribution is 2.32. The molecule has 0 aromatic heterocycles. The SMILES string of the molecule is CC[C@H](C)Oc1ccc(NC(=O)C2(OC)CCCCCC2)c(C#N)c1. The number of methoxy groups -OCH3 is 1. The maximum atomic E-state index is 12.9. The van der Waals surface area contributed by atoms with E-state index >= 15 is 0 Å². The highest BCUT2D eigenvalue weighted by Gasteiger charge is 2.38. The minimum atomic E-state index is -0.797. The van der Waals surface area contributed by atoms with Crippen LogP contribution in [0.2, 0.25) is 0 Å². The monoisotopic (exact) mass is 344 g/mol. The van der Waals surface area contributed by atoms with E-state index in [4.69, 9.17) is 9.47 Å². The Labute approximate surface area is 150 Å². The molecule has 0 heterocycles. The summed E-state index contributed by atoms with van der Waals surface area (Å²) >= 11 is 0. The van der Waals surface area contributed by atoms with Crippen LogP contribution in [0.15, 0.2) is 18.2 Å². The molecule has 1 amide bonds. The second-order valence-corrected chi connectivity index (χ2v) is 6.72. The predicted molar refractivity (Wildman–Crippen MR) is 97.6 cm³/mol. The molecule has 1 atom stereocenters. The summed E-state index contributed by atoms with van der Waals surface area (Å²) < 4.78 is 11.4. The van der Waals surface area contributed by atoms with Gasteiger partial charge >= 0.3 is 0 Å². The number of ether oxygens (including phenoxy) is 2. The van der Waals surface area contributed by atoms with Gasteiger partial charge in [-0.15, -0.1) is 0 Å². The van der Waals surface area contributed by atoms with Crippen LogP contribution in [0.3, 0.4) is 0 Å². The maximum absolute atomic E-state index is 12.9. The lowest BCUT2D eigenvalue weighted by Crippen LogP contribution is -2.44. The Morgan fingerprint density at radius 3 is 2.56 bits per heavy atom. The van der Waals surface area contributed by atoms with Crippen molar-refractivity contribution in [2.75, 3.05) is 12.4 Å². The van der Waals surface area contributed by atoms with Gasteiger partial charge in [0, 0.05) is 13.2 Å². The van der Waals surface area contributed by atoms with E-state index in [1.807, 2.05) is 13.8 Å². The Kier molecular flexibility index (Phi) is 6.83. The molecule has 1 aliphatic rings. The summed E-state index contributed by atoms with van der Waals surface area (Å²) in [6.07, 6.45) is 6.61. The van der Waals surface area contributed by atoms with E-state index < -0.39 is 5.60 Å². The van der Waals surface area contributed by atoms with E-state index in [1.165, 1.54) is 0 Å². The molecule has 1 N–H and O–H groups in total. The van der Waals surface area contributed by atoms with Crippen molar-refractivity contribution in [3.63, 3.8) is 0 Å². The zero-order chi connectivity index (χ0) is 18.3. The van der Waals surface area contributed by atoms with E-state index in [-0.39, 0.29) is 12.0 Å². The molecule has 1 aromatic carbocycles. The fourth-order valence-electron chi connectivity index (χ4n) is 3.17. The molecule has 0 unspecified atom stereocenters. The third-order valence-electron chi connectivity index (χ3n) is 4.99. The first-order valence-corrected chi connectivity index (χ1v) is 9.12. The number of nitrogens with zero attached hydrogens (tertiary/aromatic N) is 1. The number of hydrogen-bond acceptors (Lipinski definition) is 4. The zero-order valence-electron chi connectivity index (χ0n) is 15.4. The first kappa shape index (κ1) is 19.3. The molecule has 0 saturated heterocycles. The van der Waals surface area contributed by atoms with Crippen molar-refractivity contribution in [2.24, 2.45) is 0 Å². The molecule has 2 rings (SSSR count). The quantitative estimate of drug-likeness (QED) is 0.776. The highest BCUT2D eigenvalue weighted by atomic mass is 16.5. The van der Waals surface area contributed by atoms with Crippen LogP contribution in [0.5, 0.6) is 5.75 Å². The van der Waals surface area contributed by atoms with Gasteiger partial charge in [0.1, 0.15) is 17.4 Å². The van der Waals surface area contributed by atoms with Gasteiger partial charge in [0.2, 0.25) is 0 Å². The van der Waals surface area contributed by atoms with Gasteiger partial charge in [0.05, 0.1) is 17.4 Å². The molecule has 1 aromatic rings. The van der Waals surface area contributed by atoms with Crippen molar-refractivity contribution in [1.29, 1.82) is 5.26 Å². The summed E-state index contributed by atoms with van der Waals surface area (Å²) in [6, 6.07) is 7.34. The first-order chi connectivity index (χ1) is 12.0. The molecular weight excluding hydrogens is 316 g/mol. The molecular formula is C20H28N2O3. The third-order valence-corrected chi connectivity index (χ3v) is 4.99. The number of amides is 1. The predicted octanol–water partition coefficient (Wildman–Crippen LogP) is 4.41. The number of nitrogens with one attached hydrogen (secondary N) is 1. The molecule has 0 bridgehead atoms. The second-order valence-electron chi connectivity index (χ2n) is 6.72. The van der Waals surface area contributed by atoms with Crippen LogP contribution in [0.4, 0.5) is 5.69 Å². The topological polar surface area (TPSA) is 71.3 Å². The fourth-order valence-corrected chi connectivity index (χ4v) is 3.17. The Morgan fingerprint density at radius 1 is 1.32 bits per heavy atom. The minimum Gasteiger partial charge on any atom is -0.491 e. The Hall–Kier alpha value is -2.06. The molecule has 5 heteroatoms. The van der Waals surface area contributed by atoms with Gasteiger partial charge in [-0.05, 0) is 38.3 Å². The van der Waals surface area contributed by atoms with Crippen LogP contribution in [-0.4, -0.2) is 24.7 Å². The van der Waals surface area contributed by atoms with Crippen molar-refractivity contribution in [1.82, 2.24) is 0 Å². The first-order valence-electron chi connectivity index (χ1n) is 9.12. The van der Waals surface area contributed by atoms with Crippen molar-refractivity contribution in [3.05, 3.63) is 23.8 Å². The number of hydrogen-bond donors (Lipinski definition) is 1. The fraction of sp³-hybridized carbons (Fsp3) is 0.600. The number of carbonyl (C=O) groups excluding carboxylic acids is 1. The average molecular weight is 344 g/mol. The second kappa shape index (κ2) is 8.87. The van der Waals surface area contributed by atoms with Crippen LogP contribution in [0, 0.1) is 11.3 Å². The van der Waals surface area contributed by atoms with Crippen molar-refractivity contribution in [2.45, 2.75) is 70.5 Å². The Balaban J connectivity index is 2.18. The van der Waals surface area contributed by atoms with Crippen LogP contribution < -0.4 is 10.1 Å². The lowest BCUT2D eigenvalue weighted by Gasteiger charge is -2.30. The number of benzene rings is 1. The lowest BCUT2D eigenvalue weighted by atomic mass is 9.93. The highest BCUT2D eigenvalue weighted by molar-refractivity contribution is 5.98. The van der Waals surface area contributed by atoms with Gasteiger partial charge < -0.3 is 14.8 Å². The molecule has 0 spiro atoms. The van der Waals surface area contributed by atoms with E-state index in [0.29, 0.717) is 29.8 Å².